The van der Waals surface area contributed by atoms with E-state index in [1.807, 2.05) is 6.92 Å². The van der Waals surface area contributed by atoms with E-state index in [1.165, 1.54) is 24.4 Å². The Kier molecular flexibility index (Phi) is 3.58. The molecule has 102 valence electrons. The highest BCUT2D eigenvalue weighted by Crippen LogP contribution is 2.33. The first-order chi connectivity index (χ1) is 9.18. The normalized spacial score (nSPS) is 23.7. The molecule has 19 heavy (non-hydrogen) atoms. The van der Waals surface area contributed by atoms with Crippen LogP contribution in [-0.2, 0) is 0 Å². The van der Waals surface area contributed by atoms with E-state index in [4.69, 9.17) is 11.6 Å². The van der Waals surface area contributed by atoms with Crippen LogP contribution in [0.1, 0.15) is 31.4 Å². The SMILES string of the molecule is Cc1nsc2ncnc(N(C)C3CCCCC3Cl)c12. The van der Waals surface area contributed by atoms with Crippen LogP contribution in [0.25, 0.3) is 10.2 Å². The van der Waals surface area contributed by atoms with Gasteiger partial charge in [0.25, 0.3) is 0 Å². The Morgan fingerprint density at radius 3 is 2.89 bits per heavy atom. The van der Waals surface area contributed by atoms with Gasteiger partial charge in [0, 0.05) is 13.1 Å². The summed E-state index contributed by atoms with van der Waals surface area (Å²) >= 11 is 7.93. The smallest absolute Gasteiger partial charge is 0.149 e. The molecule has 0 amide bonds. The molecule has 0 aromatic carbocycles. The van der Waals surface area contributed by atoms with Crippen LogP contribution >= 0.6 is 23.1 Å². The Balaban J connectivity index is 2.01. The third kappa shape index (κ3) is 2.30. The average Bonchev–Trinajstić information content (AvgIpc) is 2.81. The van der Waals surface area contributed by atoms with E-state index in [2.05, 4.69) is 26.3 Å². The first kappa shape index (κ1) is 13.1. The second-order valence-corrected chi connectivity index (χ2v) is 6.44. The minimum Gasteiger partial charge on any atom is -0.355 e. The molecule has 3 rings (SSSR count). The predicted octanol–water partition coefficient (Wildman–Crippen LogP) is 3.38. The Bertz CT molecular complexity index is 585. The molecule has 1 aliphatic carbocycles. The third-order valence-corrected chi connectivity index (χ3v) is 5.26. The number of hydrogen-bond acceptors (Lipinski definition) is 5. The summed E-state index contributed by atoms with van der Waals surface area (Å²) < 4.78 is 4.38. The molecule has 0 saturated heterocycles. The molecule has 2 atom stereocenters. The maximum absolute atomic E-state index is 6.49. The Morgan fingerprint density at radius 1 is 1.32 bits per heavy atom. The van der Waals surface area contributed by atoms with E-state index in [-0.39, 0.29) is 5.38 Å². The summed E-state index contributed by atoms with van der Waals surface area (Å²) in [6.45, 7) is 2.01. The highest BCUT2D eigenvalue weighted by Gasteiger charge is 2.29. The van der Waals surface area contributed by atoms with Crippen molar-refractivity contribution in [1.29, 1.82) is 0 Å². The lowest BCUT2D eigenvalue weighted by molar-refractivity contribution is 0.433. The van der Waals surface area contributed by atoms with Gasteiger partial charge in [-0.1, -0.05) is 12.8 Å². The molecule has 4 nitrogen and oxygen atoms in total. The lowest BCUT2D eigenvalue weighted by atomic mass is 9.94. The molecule has 0 radical (unpaired) electrons. The van der Waals surface area contributed by atoms with E-state index in [0.717, 1.165) is 34.6 Å². The molecular weight excluding hydrogens is 280 g/mol. The minimum atomic E-state index is 0.204. The summed E-state index contributed by atoms with van der Waals surface area (Å²) in [5, 5.41) is 1.28. The van der Waals surface area contributed by atoms with Crippen LogP contribution in [0.2, 0.25) is 0 Å². The number of alkyl halides is 1. The van der Waals surface area contributed by atoms with Crippen LogP contribution in [0.3, 0.4) is 0 Å². The largest absolute Gasteiger partial charge is 0.355 e. The van der Waals surface area contributed by atoms with Crippen molar-refractivity contribution < 1.29 is 0 Å². The average molecular weight is 297 g/mol. The minimum absolute atomic E-state index is 0.204. The van der Waals surface area contributed by atoms with Gasteiger partial charge in [0.05, 0.1) is 16.5 Å². The van der Waals surface area contributed by atoms with Gasteiger partial charge in [0.2, 0.25) is 0 Å². The van der Waals surface area contributed by atoms with Gasteiger partial charge in [-0.2, -0.15) is 4.37 Å². The van der Waals surface area contributed by atoms with Crippen LogP contribution in [0.4, 0.5) is 5.82 Å². The van der Waals surface area contributed by atoms with E-state index < -0.39 is 0 Å². The van der Waals surface area contributed by atoms with Crippen molar-refractivity contribution in [3.05, 3.63) is 12.0 Å². The summed E-state index contributed by atoms with van der Waals surface area (Å²) in [5.74, 6) is 0.966. The first-order valence-electron chi connectivity index (χ1n) is 6.62. The van der Waals surface area contributed by atoms with Gasteiger partial charge in [-0.05, 0) is 31.3 Å². The van der Waals surface area contributed by atoms with E-state index >= 15 is 0 Å². The second-order valence-electron chi connectivity index (χ2n) is 5.12. The highest BCUT2D eigenvalue weighted by molar-refractivity contribution is 7.13. The van der Waals surface area contributed by atoms with Crippen LogP contribution in [0, 0.1) is 6.92 Å². The predicted molar refractivity (Wildman–Crippen MR) is 80.2 cm³/mol. The number of fused-ring (bicyclic) bond motifs is 1. The van der Waals surface area contributed by atoms with Crippen molar-refractivity contribution >= 4 is 39.2 Å². The van der Waals surface area contributed by atoms with Crippen LogP contribution in [0.15, 0.2) is 6.33 Å². The molecular formula is C13H17ClN4S. The molecule has 2 unspecified atom stereocenters. The molecule has 2 aromatic heterocycles. The number of halogens is 1. The summed E-state index contributed by atoms with van der Waals surface area (Å²) in [6, 6.07) is 0.354. The summed E-state index contributed by atoms with van der Waals surface area (Å²) in [7, 11) is 2.09. The topological polar surface area (TPSA) is 41.9 Å². The van der Waals surface area contributed by atoms with E-state index in [9.17, 15) is 0 Å². The second kappa shape index (κ2) is 5.21. The standard InChI is InChI=1S/C13H17ClN4S/c1-8-11-12(15-7-16-13(11)19-17-8)18(2)10-6-4-3-5-9(10)14/h7,9-10H,3-6H2,1-2H3. The molecule has 2 heterocycles. The van der Waals surface area contributed by atoms with Gasteiger partial charge < -0.3 is 4.90 Å². The molecule has 0 bridgehead atoms. The molecule has 0 aliphatic heterocycles. The van der Waals surface area contributed by atoms with Crippen molar-refractivity contribution in [2.75, 3.05) is 11.9 Å². The fourth-order valence-corrected chi connectivity index (χ4v) is 4.02. The van der Waals surface area contributed by atoms with Crippen LogP contribution < -0.4 is 4.90 Å². The summed E-state index contributed by atoms with van der Waals surface area (Å²) in [5.41, 5.74) is 1.00. The van der Waals surface area contributed by atoms with Gasteiger partial charge in [0.15, 0.2) is 0 Å². The fraction of sp³-hybridized carbons (Fsp3) is 0.615. The summed E-state index contributed by atoms with van der Waals surface area (Å²) in [6.07, 6.45) is 6.32. The number of aryl methyl sites for hydroxylation is 1. The lowest BCUT2D eigenvalue weighted by Crippen LogP contribution is -2.41. The summed E-state index contributed by atoms with van der Waals surface area (Å²) in [4.78, 5) is 11.9. The molecule has 0 N–H and O–H groups in total. The number of rotatable bonds is 2. The molecule has 1 aliphatic rings. The van der Waals surface area contributed by atoms with Crippen LogP contribution in [0.5, 0.6) is 0 Å². The zero-order chi connectivity index (χ0) is 13.4. The van der Waals surface area contributed by atoms with Crippen molar-refractivity contribution in [2.24, 2.45) is 0 Å². The van der Waals surface area contributed by atoms with Gasteiger partial charge in [0.1, 0.15) is 17.0 Å². The van der Waals surface area contributed by atoms with Crippen molar-refractivity contribution in [3.63, 3.8) is 0 Å². The first-order valence-corrected chi connectivity index (χ1v) is 7.83. The van der Waals surface area contributed by atoms with E-state index in [1.54, 1.807) is 6.33 Å². The third-order valence-electron chi connectivity index (χ3n) is 3.90. The van der Waals surface area contributed by atoms with Gasteiger partial charge in [-0.25, -0.2) is 9.97 Å². The zero-order valence-corrected chi connectivity index (χ0v) is 12.7. The molecule has 1 saturated carbocycles. The zero-order valence-electron chi connectivity index (χ0n) is 11.1. The number of aromatic nitrogens is 3. The van der Waals surface area contributed by atoms with Gasteiger partial charge in [-0.3, -0.25) is 0 Å². The van der Waals surface area contributed by atoms with E-state index in [0.29, 0.717) is 6.04 Å². The Labute approximate surface area is 122 Å². The van der Waals surface area contributed by atoms with Crippen molar-refractivity contribution in [1.82, 2.24) is 14.3 Å². The lowest BCUT2D eigenvalue weighted by Gasteiger charge is -2.35. The molecule has 0 spiro atoms. The Morgan fingerprint density at radius 2 is 2.11 bits per heavy atom. The molecule has 2 aromatic rings. The van der Waals surface area contributed by atoms with Gasteiger partial charge in [-0.15, -0.1) is 11.6 Å². The maximum atomic E-state index is 6.49. The number of hydrogen-bond donors (Lipinski definition) is 0. The van der Waals surface area contributed by atoms with Gasteiger partial charge >= 0.3 is 0 Å². The molecule has 6 heteroatoms. The van der Waals surface area contributed by atoms with Crippen molar-refractivity contribution in [3.8, 4) is 0 Å². The number of nitrogens with zero attached hydrogens (tertiary/aromatic N) is 4. The number of anilines is 1. The quantitative estimate of drug-likeness (QED) is 0.797. The molecule has 1 fully saturated rings. The monoisotopic (exact) mass is 296 g/mol. The van der Waals surface area contributed by atoms with Crippen molar-refractivity contribution in [2.45, 2.75) is 44.0 Å². The fourth-order valence-electron chi connectivity index (χ4n) is 2.83. The maximum Gasteiger partial charge on any atom is 0.149 e. The van der Waals surface area contributed by atoms with Crippen LogP contribution in [-0.4, -0.2) is 32.8 Å². The highest BCUT2D eigenvalue weighted by atomic mass is 35.5. The Hall–Kier alpha value is -0.940.